The number of carbonyl (C=O) groups is 1. The summed E-state index contributed by atoms with van der Waals surface area (Å²) >= 11 is 0. The SMILES string of the molecule is Cc1c(C(=O)NC(c2ccc(F)cc2)C2CCC2)nnn1C1CCNCC1. The quantitative estimate of drug-likeness (QED) is 0.848. The lowest BCUT2D eigenvalue weighted by Crippen LogP contribution is -2.36. The van der Waals surface area contributed by atoms with Crippen LogP contribution in [0.15, 0.2) is 24.3 Å². The van der Waals surface area contributed by atoms with Crippen LogP contribution in [0, 0.1) is 18.7 Å². The largest absolute Gasteiger partial charge is 0.343 e. The highest BCUT2D eigenvalue weighted by molar-refractivity contribution is 5.93. The van der Waals surface area contributed by atoms with Crippen molar-refractivity contribution in [3.63, 3.8) is 0 Å². The van der Waals surface area contributed by atoms with Gasteiger partial charge in [-0.1, -0.05) is 23.8 Å². The molecule has 1 aromatic heterocycles. The predicted molar refractivity (Wildman–Crippen MR) is 99.8 cm³/mol. The van der Waals surface area contributed by atoms with E-state index >= 15 is 0 Å². The molecule has 2 aromatic rings. The zero-order chi connectivity index (χ0) is 18.8. The van der Waals surface area contributed by atoms with Crippen molar-refractivity contribution in [2.45, 2.75) is 51.1 Å². The Morgan fingerprint density at radius 2 is 1.93 bits per heavy atom. The van der Waals surface area contributed by atoms with Crippen LogP contribution in [-0.4, -0.2) is 34.0 Å². The number of carbonyl (C=O) groups excluding carboxylic acids is 1. The van der Waals surface area contributed by atoms with Crippen molar-refractivity contribution in [3.8, 4) is 0 Å². The number of hydrogen-bond acceptors (Lipinski definition) is 4. The van der Waals surface area contributed by atoms with Gasteiger partial charge in [-0.05, 0) is 69.3 Å². The van der Waals surface area contributed by atoms with E-state index in [-0.39, 0.29) is 17.8 Å². The number of nitrogens with zero attached hydrogens (tertiary/aromatic N) is 3. The fraction of sp³-hybridized carbons (Fsp3) is 0.550. The fourth-order valence-corrected chi connectivity index (χ4v) is 4.07. The topological polar surface area (TPSA) is 71.8 Å². The number of piperidine rings is 1. The van der Waals surface area contributed by atoms with Crippen LogP contribution in [0.1, 0.15) is 65.9 Å². The number of halogens is 1. The summed E-state index contributed by atoms with van der Waals surface area (Å²) in [6.45, 7) is 3.83. The van der Waals surface area contributed by atoms with E-state index in [2.05, 4.69) is 20.9 Å². The van der Waals surface area contributed by atoms with Crippen LogP contribution in [-0.2, 0) is 0 Å². The highest BCUT2D eigenvalue weighted by atomic mass is 19.1. The number of hydrogen-bond donors (Lipinski definition) is 2. The van der Waals surface area contributed by atoms with E-state index in [4.69, 9.17) is 0 Å². The summed E-state index contributed by atoms with van der Waals surface area (Å²) in [5.74, 6) is -0.0775. The Bertz CT molecular complexity index is 793. The molecular formula is C20H26FN5O. The summed E-state index contributed by atoms with van der Waals surface area (Å²) < 4.78 is 15.2. The lowest BCUT2D eigenvalue weighted by Gasteiger charge is -2.34. The average Bonchev–Trinajstić information content (AvgIpc) is 3.02. The van der Waals surface area contributed by atoms with Crippen LogP contribution in [0.5, 0.6) is 0 Å². The van der Waals surface area contributed by atoms with Crippen LogP contribution >= 0.6 is 0 Å². The smallest absolute Gasteiger partial charge is 0.274 e. The zero-order valence-electron chi connectivity index (χ0n) is 15.6. The average molecular weight is 371 g/mol. The van der Waals surface area contributed by atoms with Crippen LogP contribution < -0.4 is 10.6 Å². The van der Waals surface area contributed by atoms with E-state index in [0.29, 0.717) is 17.7 Å². The molecule has 2 N–H and O–H groups in total. The minimum absolute atomic E-state index is 0.115. The molecule has 0 radical (unpaired) electrons. The molecule has 7 heteroatoms. The lowest BCUT2D eigenvalue weighted by molar-refractivity contribution is 0.0894. The minimum Gasteiger partial charge on any atom is -0.343 e. The third-order valence-electron chi connectivity index (χ3n) is 5.93. The van der Waals surface area contributed by atoms with Gasteiger partial charge < -0.3 is 10.6 Å². The second-order valence-electron chi connectivity index (χ2n) is 7.64. The van der Waals surface area contributed by atoms with Crippen LogP contribution in [0.4, 0.5) is 4.39 Å². The highest BCUT2D eigenvalue weighted by Crippen LogP contribution is 2.38. The maximum Gasteiger partial charge on any atom is 0.274 e. The zero-order valence-corrected chi connectivity index (χ0v) is 15.6. The van der Waals surface area contributed by atoms with Crippen molar-refractivity contribution in [1.82, 2.24) is 25.6 Å². The molecule has 1 amide bonds. The van der Waals surface area contributed by atoms with Crippen molar-refractivity contribution in [2.75, 3.05) is 13.1 Å². The molecule has 2 heterocycles. The summed E-state index contributed by atoms with van der Waals surface area (Å²) in [5.41, 5.74) is 2.14. The third kappa shape index (κ3) is 3.74. The van der Waals surface area contributed by atoms with Gasteiger partial charge in [-0.3, -0.25) is 4.79 Å². The van der Waals surface area contributed by atoms with Crippen LogP contribution in [0.25, 0.3) is 0 Å². The summed E-state index contributed by atoms with van der Waals surface area (Å²) in [6, 6.07) is 6.60. The molecule has 0 spiro atoms. The Kier molecular flexibility index (Phi) is 5.20. The molecule has 4 rings (SSSR count). The van der Waals surface area contributed by atoms with Crippen molar-refractivity contribution in [2.24, 2.45) is 5.92 Å². The first kappa shape index (κ1) is 18.1. The van der Waals surface area contributed by atoms with Gasteiger partial charge in [-0.2, -0.15) is 0 Å². The number of aromatic nitrogens is 3. The summed E-state index contributed by atoms with van der Waals surface area (Å²) in [5, 5.41) is 14.9. The highest BCUT2D eigenvalue weighted by Gasteiger charge is 2.31. The molecule has 1 atom stereocenters. The van der Waals surface area contributed by atoms with Gasteiger partial charge in [0.25, 0.3) is 5.91 Å². The Balaban J connectivity index is 1.52. The van der Waals surface area contributed by atoms with Gasteiger partial charge in [0.05, 0.1) is 17.8 Å². The van der Waals surface area contributed by atoms with Gasteiger partial charge in [-0.25, -0.2) is 9.07 Å². The molecular weight excluding hydrogens is 345 g/mol. The number of rotatable bonds is 5. The normalized spacial score (nSPS) is 19.5. The van der Waals surface area contributed by atoms with Gasteiger partial charge in [-0.15, -0.1) is 5.10 Å². The molecule has 1 aliphatic carbocycles. The van der Waals surface area contributed by atoms with E-state index in [9.17, 15) is 9.18 Å². The van der Waals surface area contributed by atoms with Gasteiger partial charge >= 0.3 is 0 Å². The molecule has 2 fully saturated rings. The predicted octanol–water partition coefficient (Wildman–Crippen LogP) is 2.92. The van der Waals surface area contributed by atoms with E-state index in [1.54, 1.807) is 12.1 Å². The van der Waals surface area contributed by atoms with Crippen molar-refractivity contribution in [1.29, 1.82) is 0 Å². The summed E-state index contributed by atoms with van der Waals surface area (Å²) in [6.07, 6.45) is 5.30. The first-order valence-corrected chi connectivity index (χ1v) is 9.82. The molecule has 1 saturated carbocycles. The molecule has 144 valence electrons. The van der Waals surface area contributed by atoms with E-state index in [0.717, 1.165) is 50.0 Å². The van der Waals surface area contributed by atoms with E-state index in [1.807, 2.05) is 11.6 Å². The van der Waals surface area contributed by atoms with Crippen molar-refractivity contribution >= 4 is 5.91 Å². The molecule has 2 aliphatic rings. The molecule has 1 aromatic carbocycles. The van der Waals surface area contributed by atoms with Gasteiger partial charge in [0.1, 0.15) is 5.82 Å². The lowest BCUT2D eigenvalue weighted by atomic mass is 9.77. The summed E-state index contributed by atoms with van der Waals surface area (Å²) in [7, 11) is 0. The fourth-order valence-electron chi connectivity index (χ4n) is 4.07. The Hall–Kier alpha value is -2.28. The van der Waals surface area contributed by atoms with Gasteiger partial charge in [0.2, 0.25) is 0 Å². The Morgan fingerprint density at radius 3 is 2.56 bits per heavy atom. The Morgan fingerprint density at radius 1 is 1.22 bits per heavy atom. The number of amides is 1. The van der Waals surface area contributed by atoms with Crippen LogP contribution in [0.2, 0.25) is 0 Å². The monoisotopic (exact) mass is 371 g/mol. The molecule has 0 bridgehead atoms. The maximum atomic E-state index is 13.3. The number of nitrogens with one attached hydrogen (secondary N) is 2. The standard InChI is InChI=1S/C20H26FN5O/c1-13-18(24-25-26(13)17-9-11-22-12-10-17)20(27)23-19(14-3-2-4-14)15-5-7-16(21)8-6-15/h5-8,14,17,19,22H,2-4,9-12H2,1H3,(H,23,27). The Labute approximate surface area is 158 Å². The first-order valence-electron chi connectivity index (χ1n) is 9.82. The second kappa shape index (κ2) is 7.76. The molecule has 6 nitrogen and oxygen atoms in total. The van der Waals surface area contributed by atoms with Crippen LogP contribution in [0.3, 0.4) is 0 Å². The molecule has 1 unspecified atom stereocenters. The maximum absolute atomic E-state index is 13.3. The van der Waals surface area contributed by atoms with E-state index in [1.165, 1.54) is 18.6 Å². The molecule has 1 aliphatic heterocycles. The van der Waals surface area contributed by atoms with Crippen molar-refractivity contribution in [3.05, 3.63) is 47.0 Å². The van der Waals surface area contributed by atoms with Crippen molar-refractivity contribution < 1.29 is 9.18 Å². The molecule has 1 saturated heterocycles. The van der Waals surface area contributed by atoms with Gasteiger partial charge in [0.15, 0.2) is 5.69 Å². The third-order valence-corrected chi connectivity index (χ3v) is 5.93. The second-order valence-corrected chi connectivity index (χ2v) is 7.64. The van der Waals surface area contributed by atoms with Gasteiger partial charge in [0, 0.05) is 0 Å². The first-order chi connectivity index (χ1) is 13.1. The summed E-state index contributed by atoms with van der Waals surface area (Å²) in [4.78, 5) is 12.9. The number of benzene rings is 1. The van der Waals surface area contributed by atoms with E-state index < -0.39 is 0 Å². The minimum atomic E-state index is -0.266. The molecule has 27 heavy (non-hydrogen) atoms.